The lowest BCUT2D eigenvalue weighted by molar-refractivity contribution is 0.415. The van der Waals surface area contributed by atoms with E-state index in [1.807, 2.05) is 0 Å². The molecule has 7 rings (SSSR count). The average Bonchev–Trinajstić information content (AvgIpc) is 3.18. The molecule has 0 aromatic heterocycles. The third kappa shape index (κ3) is 7.43. The number of hydrogen-bond acceptors (Lipinski definition) is 2. The SMILES string of the molecule is COc1ccc([PH+](c2ccc(OC)cc2)C2CCCCC2)cc1.c1ccc([B-](c2ccccc2)(c2ccccc2)c2ccccc2)cc1. The summed E-state index contributed by atoms with van der Waals surface area (Å²) in [5.74, 6) is 1.88. The molecule has 1 saturated carbocycles. The van der Waals surface area contributed by atoms with Crippen LogP contribution >= 0.6 is 7.92 Å². The molecule has 0 aliphatic heterocycles. The Balaban J connectivity index is 0.000000168. The van der Waals surface area contributed by atoms with E-state index in [0.29, 0.717) is 0 Å². The highest BCUT2D eigenvalue weighted by Crippen LogP contribution is 2.46. The Labute approximate surface area is 288 Å². The van der Waals surface area contributed by atoms with Gasteiger partial charge >= 0.3 is 0 Å². The molecule has 242 valence electrons. The van der Waals surface area contributed by atoms with E-state index < -0.39 is 14.1 Å². The fourth-order valence-corrected chi connectivity index (χ4v) is 11.0. The molecule has 6 aromatic rings. The summed E-state index contributed by atoms with van der Waals surface area (Å²) in [7, 11) is 2.69. The van der Waals surface area contributed by atoms with E-state index >= 15 is 0 Å². The van der Waals surface area contributed by atoms with Gasteiger partial charge in [-0.2, -0.15) is 21.9 Å². The van der Waals surface area contributed by atoms with Gasteiger partial charge in [-0.3, -0.25) is 0 Å². The lowest BCUT2D eigenvalue weighted by atomic mass is 9.13. The van der Waals surface area contributed by atoms with Crippen molar-refractivity contribution in [3.8, 4) is 11.5 Å². The van der Waals surface area contributed by atoms with E-state index in [1.54, 1.807) is 14.2 Å². The molecule has 0 saturated heterocycles. The largest absolute Gasteiger partial charge is 0.497 e. The molecule has 2 nitrogen and oxygen atoms in total. The van der Waals surface area contributed by atoms with Crippen molar-refractivity contribution < 1.29 is 9.47 Å². The number of rotatable bonds is 9. The molecule has 0 unspecified atom stereocenters. The summed E-state index contributed by atoms with van der Waals surface area (Å²) in [6.07, 6.45) is 5.68. The molecule has 0 heterocycles. The summed E-state index contributed by atoms with van der Waals surface area (Å²) in [5, 5.41) is 2.99. The molecular formula is C44H46BO2P. The van der Waals surface area contributed by atoms with Gasteiger partial charge < -0.3 is 9.47 Å². The van der Waals surface area contributed by atoms with Crippen LogP contribution in [0.1, 0.15) is 32.1 Å². The highest BCUT2D eigenvalue weighted by atomic mass is 31.1. The molecule has 0 atom stereocenters. The predicted molar refractivity (Wildman–Crippen MR) is 211 cm³/mol. The first-order valence-electron chi connectivity index (χ1n) is 17.3. The smallest absolute Gasteiger partial charge is 0.119 e. The summed E-state index contributed by atoms with van der Waals surface area (Å²) in [6, 6.07) is 61.0. The van der Waals surface area contributed by atoms with E-state index in [0.717, 1.165) is 17.2 Å². The maximum absolute atomic E-state index is 5.33. The van der Waals surface area contributed by atoms with E-state index in [1.165, 1.54) is 64.6 Å². The molecule has 1 aliphatic rings. The van der Waals surface area contributed by atoms with Crippen molar-refractivity contribution in [1.29, 1.82) is 0 Å². The van der Waals surface area contributed by atoms with Crippen LogP contribution in [0.5, 0.6) is 11.5 Å². The van der Waals surface area contributed by atoms with Crippen molar-refractivity contribution >= 4 is 46.5 Å². The molecule has 0 amide bonds. The van der Waals surface area contributed by atoms with Crippen molar-refractivity contribution in [1.82, 2.24) is 0 Å². The Kier molecular flexibility index (Phi) is 11.4. The topological polar surface area (TPSA) is 18.5 Å². The molecule has 1 fully saturated rings. The molecule has 0 radical (unpaired) electrons. The van der Waals surface area contributed by atoms with E-state index in [4.69, 9.17) is 9.47 Å². The Morgan fingerprint density at radius 1 is 0.417 bits per heavy atom. The second kappa shape index (κ2) is 16.5. The summed E-state index contributed by atoms with van der Waals surface area (Å²) < 4.78 is 10.7. The zero-order valence-corrected chi connectivity index (χ0v) is 29.2. The van der Waals surface area contributed by atoms with Crippen LogP contribution in [0.15, 0.2) is 170 Å². The minimum Gasteiger partial charge on any atom is -0.497 e. The van der Waals surface area contributed by atoms with Gasteiger partial charge in [0.2, 0.25) is 0 Å². The molecule has 4 heteroatoms. The minimum atomic E-state index is -1.22. The summed E-state index contributed by atoms with van der Waals surface area (Å²) in [6.45, 7) is 0. The van der Waals surface area contributed by atoms with Gasteiger partial charge in [-0.05, 0) is 74.2 Å². The maximum Gasteiger partial charge on any atom is 0.119 e. The number of hydrogen-bond donors (Lipinski definition) is 0. The molecule has 1 aliphatic carbocycles. The third-order valence-electron chi connectivity index (χ3n) is 10.0. The average molecular weight is 649 g/mol. The van der Waals surface area contributed by atoms with Crippen molar-refractivity contribution in [2.45, 2.75) is 37.8 Å². The first kappa shape index (κ1) is 33.3. The lowest BCUT2D eigenvalue weighted by Crippen LogP contribution is -2.74. The highest BCUT2D eigenvalue weighted by molar-refractivity contribution is 7.73. The zero-order chi connectivity index (χ0) is 33.0. The van der Waals surface area contributed by atoms with E-state index in [-0.39, 0.29) is 0 Å². The molecule has 48 heavy (non-hydrogen) atoms. The maximum atomic E-state index is 5.33. The fraction of sp³-hybridized carbons (Fsp3) is 0.182. The van der Waals surface area contributed by atoms with E-state index in [9.17, 15) is 0 Å². The first-order valence-corrected chi connectivity index (χ1v) is 18.8. The van der Waals surface area contributed by atoms with Gasteiger partial charge in [-0.15, -0.1) is 0 Å². The second-order valence-corrected chi connectivity index (χ2v) is 15.5. The summed E-state index contributed by atoms with van der Waals surface area (Å²) in [4.78, 5) is 0. The lowest BCUT2D eigenvalue weighted by Gasteiger charge is -2.44. The molecule has 0 bridgehead atoms. The predicted octanol–water partition coefficient (Wildman–Crippen LogP) is 7.27. The Morgan fingerprint density at radius 3 is 1.02 bits per heavy atom. The Hall–Kier alpha value is -4.59. The minimum absolute atomic E-state index is 0.761. The van der Waals surface area contributed by atoms with Crippen molar-refractivity contribution in [3.05, 3.63) is 170 Å². The molecule has 6 aromatic carbocycles. The Morgan fingerprint density at radius 2 is 0.729 bits per heavy atom. The number of methoxy groups -OCH3 is 2. The van der Waals surface area contributed by atoms with Gasteiger partial charge in [0.25, 0.3) is 0 Å². The number of benzene rings is 6. The van der Waals surface area contributed by atoms with Crippen LogP contribution in [-0.2, 0) is 0 Å². The summed E-state index contributed by atoms with van der Waals surface area (Å²) in [5.41, 5.74) is 6.19. The second-order valence-electron chi connectivity index (χ2n) is 12.7. The Bertz CT molecular complexity index is 1580. The molecular weight excluding hydrogens is 602 g/mol. The highest BCUT2D eigenvalue weighted by Gasteiger charge is 2.34. The molecule has 0 spiro atoms. The van der Waals surface area contributed by atoms with Gasteiger partial charge in [0, 0.05) is 0 Å². The van der Waals surface area contributed by atoms with Gasteiger partial charge in [-0.25, -0.2) is 0 Å². The standard InChI is InChI=1S/C24H20B.C20H25O2P/c1-5-13-21(14-6-1)25(22-15-7-2-8-16-22,23-17-9-3-10-18-23)24-19-11-4-12-20-24;1-21-16-8-12-19(13-9-16)23(18-6-4-3-5-7-18)20-14-10-17(22-2)11-15-20/h1-20H;8-15,18H,3-7H2,1-2H3/q-1;/p+1. The summed E-state index contributed by atoms with van der Waals surface area (Å²) >= 11 is 0. The third-order valence-corrected chi connectivity index (χ3v) is 13.3. The zero-order valence-electron chi connectivity index (χ0n) is 28.2. The molecule has 0 N–H and O–H groups in total. The van der Waals surface area contributed by atoms with Crippen LogP contribution in [-0.4, -0.2) is 26.0 Å². The van der Waals surface area contributed by atoms with Crippen LogP contribution in [0.2, 0.25) is 0 Å². The van der Waals surface area contributed by atoms with Crippen LogP contribution in [0.25, 0.3) is 0 Å². The van der Waals surface area contributed by atoms with Gasteiger partial charge in [0.05, 0.1) is 38.4 Å². The van der Waals surface area contributed by atoms with Crippen molar-refractivity contribution in [2.24, 2.45) is 0 Å². The van der Waals surface area contributed by atoms with Crippen molar-refractivity contribution in [2.75, 3.05) is 14.2 Å². The van der Waals surface area contributed by atoms with Crippen LogP contribution < -0.4 is 41.9 Å². The quantitative estimate of drug-likeness (QED) is 0.121. The normalized spacial score (nSPS) is 13.3. The fourth-order valence-electron chi connectivity index (χ4n) is 7.69. The van der Waals surface area contributed by atoms with Crippen molar-refractivity contribution in [3.63, 3.8) is 0 Å². The van der Waals surface area contributed by atoms with Crippen LogP contribution in [0, 0.1) is 0 Å². The monoisotopic (exact) mass is 648 g/mol. The number of ether oxygens (including phenoxy) is 2. The van der Waals surface area contributed by atoms with Gasteiger partial charge in [-0.1, -0.05) is 128 Å². The van der Waals surface area contributed by atoms with Gasteiger partial charge in [0.15, 0.2) is 0 Å². The van der Waals surface area contributed by atoms with Gasteiger partial charge in [0.1, 0.15) is 17.6 Å². The first-order chi connectivity index (χ1) is 23.7. The van der Waals surface area contributed by atoms with E-state index in [2.05, 4.69) is 170 Å². The van der Waals surface area contributed by atoms with Crippen LogP contribution in [0.4, 0.5) is 0 Å². The van der Waals surface area contributed by atoms with Crippen LogP contribution in [0.3, 0.4) is 0 Å².